The molecule has 5 nitrogen and oxygen atoms in total. The summed E-state index contributed by atoms with van der Waals surface area (Å²) in [5.74, 6) is -0.478. The Balaban J connectivity index is 2.09. The van der Waals surface area contributed by atoms with E-state index in [1.807, 2.05) is 0 Å². The van der Waals surface area contributed by atoms with Crippen LogP contribution in [-0.4, -0.2) is 41.8 Å². The molecule has 0 radical (unpaired) electrons. The van der Waals surface area contributed by atoms with E-state index < -0.39 is 25.7 Å². The van der Waals surface area contributed by atoms with Gasteiger partial charge in [-0.05, 0) is 24.6 Å². The van der Waals surface area contributed by atoms with Crippen LogP contribution < -0.4 is 10.6 Å². The van der Waals surface area contributed by atoms with E-state index in [4.69, 9.17) is 46.4 Å². The van der Waals surface area contributed by atoms with Gasteiger partial charge in [0.2, 0.25) is 3.79 Å². The van der Waals surface area contributed by atoms with E-state index in [0.29, 0.717) is 17.0 Å². The van der Waals surface area contributed by atoms with Crippen molar-refractivity contribution in [3.8, 4) is 0 Å². The third-order valence-corrected chi connectivity index (χ3v) is 5.98. The number of hydrogen-bond donors (Lipinski definition) is 2. The van der Waals surface area contributed by atoms with E-state index in [1.54, 1.807) is 18.2 Å². The zero-order valence-corrected chi connectivity index (χ0v) is 15.6. The van der Waals surface area contributed by atoms with Gasteiger partial charge in [-0.2, -0.15) is 0 Å². The highest BCUT2D eigenvalue weighted by molar-refractivity contribution is 7.91. The van der Waals surface area contributed by atoms with Crippen LogP contribution in [0.1, 0.15) is 16.8 Å². The molecule has 1 aliphatic rings. The Kier molecular flexibility index (Phi) is 6.09. The fourth-order valence-corrected chi connectivity index (χ4v) is 4.45. The quantitative estimate of drug-likeness (QED) is 0.580. The van der Waals surface area contributed by atoms with Crippen molar-refractivity contribution >= 4 is 62.1 Å². The third kappa shape index (κ3) is 5.66. The van der Waals surface area contributed by atoms with Crippen LogP contribution in [0.3, 0.4) is 0 Å². The topological polar surface area (TPSA) is 75.3 Å². The molecule has 1 saturated heterocycles. The zero-order valence-electron chi connectivity index (χ0n) is 11.7. The molecule has 0 unspecified atom stereocenters. The molecule has 2 rings (SSSR count). The Morgan fingerprint density at radius 3 is 2.52 bits per heavy atom. The van der Waals surface area contributed by atoms with Gasteiger partial charge < -0.3 is 5.32 Å². The van der Waals surface area contributed by atoms with Gasteiger partial charge in [-0.15, -0.1) is 0 Å². The maximum absolute atomic E-state index is 12.3. The van der Waals surface area contributed by atoms with E-state index in [0.717, 1.165) is 0 Å². The average Bonchev–Trinajstić information content (AvgIpc) is 2.76. The monoisotopic (exact) mass is 418 g/mol. The van der Waals surface area contributed by atoms with Gasteiger partial charge in [0.15, 0.2) is 9.84 Å². The van der Waals surface area contributed by atoms with Crippen LogP contribution in [0.25, 0.3) is 0 Å². The van der Waals surface area contributed by atoms with Crippen molar-refractivity contribution in [2.75, 3.05) is 11.5 Å². The predicted octanol–water partition coefficient (Wildman–Crippen LogP) is 2.54. The number of carbonyl (C=O) groups excluding carboxylic acids is 1. The molecule has 0 saturated carbocycles. The van der Waals surface area contributed by atoms with E-state index in [9.17, 15) is 13.2 Å². The van der Waals surface area contributed by atoms with E-state index in [1.165, 1.54) is 6.07 Å². The van der Waals surface area contributed by atoms with E-state index in [2.05, 4.69) is 10.6 Å². The van der Waals surface area contributed by atoms with Gasteiger partial charge >= 0.3 is 0 Å². The molecule has 1 amide bonds. The largest absolute Gasteiger partial charge is 0.333 e. The number of benzene rings is 1. The number of alkyl halides is 3. The minimum absolute atomic E-state index is 0.0583. The maximum atomic E-state index is 12.3. The normalized spacial score (nSPS) is 21.8. The second-order valence-corrected chi connectivity index (χ2v) is 10.3. The molecular weight excluding hydrogens is 406 g/mol. The summed E-state index contributed by atoms with van der Waals surface area (Å²) in [6, 6.07) is 5.91. The fraction of sp³-hybridized carbons (Fsp3) is 0.462. The number of amides is 1. The maximum Gasteiger partial charge on any atom is 0.252 e. The molecule has 2 N–H and O–H groups in total. The first-order valence-corrected chi connectivity index (χ1v) is 10.00. The first-order chi connectivity index (χ1) is 10.6. The van der Waals surface area contributed by atoms with E-state index >= 15 is 0 Å². The highest BCUT2D eigenvalue weighted by atomic mass is 35.6. The minimum atomic E-state index is -3.09. The molecule has 128 valence electrons. The Labute approximate surface area is 154 Å². The number of nitrogens with one attached hydrogen (secondary N) is 2. The summed E-state index contributed by atoms with van der Waals surface area (Å²) in [6.07, 6.45) is -0.649. The lowest BCUT2D eigenvalue weighted by molar-refractivity contribution is 0.0927. The summed E-state index contributed by atoms with van der Waals surface area (Å²) in [7, 11) is -3.09. The summed E-state index contributed by atoms with van der Waals surface area (Å²) in [5.41, 5.74) is 0.303. The van der Waals surface area contributed by atoms with Gasteiger partial charge in [0, 0.05) is 16.6 Å². The predicted molar refractivity (Wildman–Crippen MR) is 93.2 cm³/mol. The van der Waals surface area contributed by atoms with Crippen LogP contribution in [0.15, 0.2) is 24.3 Å². The summed E-state index contributed by atoms with van der Waals surface area (Å²) in [5, 5.41) is 5.84. The molecule has 1 fully saturated rings. The van der Waals surface area contributed by atoms with Crippen molar-refractivity contribution in [2.24, 2.45) is 0 Å². The molecule has 1 aromatic carbocycles. The molecule has 0 bridgehead atoms. The average molecular weight is 420 g/mol. The minimum Gasteiger partial charge on any atom is -0.333 e. The lowest BCUT2D eigenvalue weighted by Crippen LogP contribution is -2.56. The SMILES string of the molecule is O=C(N[C@@H](N[C@@H]1CCS(=O)(=O)C1)C(Cl)(Cl)Cl)c1cccc(Cl)c1. The Morgan fingerprint density at radius 1 is 1.30 bits per heavy atom. The van der Waals surface area contributed by atoms with Crippen LogP contribution in [-0.2, 0) is 9.84 Å². The Bertz CT molecular complexity index is 691. The second kappa shape index (κ2) is 7.33. The van der Waals surface area contributed by atoms with Gasteiger partial charge in [-0.1, -0.05) is 52.5 Å². The highest BCUT2D eigenvalue weighted by Crippen LogP contribution is 2.30. The van der Waals surface area contributed by atoms with Crippen molar-refractivity contribution in [3.05, 3.63) is 34.9 Å². The molecule has 0 aliphatic carbocycles. The number of sulfone groups is 1. The van der Waals surface area contributed by atoms with Gasteiger partial charge in [0.05, 0.1) is 11.5 Å². The van der Waals surface area contributed by atoms with Gasteiger partial charge in [0.1, 0.15) is 6.17 Å². The lowest BCUT2D eigenvalue weighted by atomic mass is 10.2. The molecule has 1 heterocycles. The smallest absolute Gasteiger partial charge is 0.252 e. The van der Waals surface area contributed by atoms with Gasteiger partial charge in [-0.3, -0.25) is 10.1 Å². The van der Waals surface area contributed by atoms with Crippen molar-refractivity contribution in [3.63, 3.8) is 0 Å². The third-order valence-electron chi connectivity index (χ3n) is 3.32. The molecule has 10 heteroatoms. The Morgan fingerprint density at radius 2 is 2.00 bits per heavy atom. The number of halogens is 4. The van der Waals surface area contributed by atoms with Crippen LogP contribution in [0.5, 0.6) is 0 Å². The summed E-state index contributed by atoms with van der Waals surface area (Å²) < 4.78 is 21.2. The molecular formula is C13H14Cl4N2O3S. The standard InChI is InChI=1S/C13H14Cl4N2O3S/c14-9-3-1-2-8(6-9)11(20)19-12(13(15,16)17)18-10-4-5-23(21,22)7-10/h1-3,6,10,12,18H,4-5,7H2,(H,19,20)/t10-,12-/m1/s1. The summed E-state index contributed by atoms with van der Waals surface area (Å²) in [4.78, 5) is 12.3. The van der Waals surface area contributed by atoms with Crippen molar-refractivity contribution < 1.29 is 13.2 Å². The molecule has 23 heavy (non-hydrogen) atoms. The summed E-state index contributed by atoms with van der Waals surface area (Å²) in [6.45, 7) is 0. The van der Waals surface area contributed by atoms with Crippen molar-refractivity contribution in [2.45, 2.75) is 22.4 Å². The van der Waals surface area contributed by atoms with Gasteiger partial charge in [0.25, 0.3) is 5.91 Å². The number of carbonyl (C=O) groups is 1. The van der Waals surface area contributed by atoms with Crippen molar-refractivity contribution in [1.29, 1.82) is 0 Å². The van der Waals surface area contributed by atoms with Crippen LogP contribution >= 0.6 is 46.4 Å². The molecule has 2 atom stereocenters. The molecule has 1 aromatic rings. The van der Waals surface area contributed by atoms with Crippen LogP contribution in [0, 0.1) is 0 Å². The molecule has 0 spiro atoms. The molecule has 1 aliphatic heterocycles. The second-order valence-electron chi connectivity index (χ2n) is 5.23. The highest BCUT2D eigenvalue weighted by Gasteiger charge is 2.38. The van der Waals surface area contributed by atoms with Crippen molar-refractivity contribution in [1.82, 2.24) is 10.6 Å². The summed E-state index contributed by atoms with van der Waals surface area (Å²) >= 11 is 23.5. The first-order valence-electron chi connectivity index (χ1n) is 6.66. The zero-order chi connectivity index (χ0) is 17.3. The van der Waals surface area contributed by atoms with Crippen LogP contribution in [0.4, 0.5) is 0 Å². The number of rotatable bonds is 4. The lowest BCUT2D eigenvalue weighted by Gasteiger charge is -2.29. The molecule has 0 aromatic heterocycles. The number of hydrogen-bond acceptors (Lipinski definition) is 4. The fourth-order valence-electron chi connectivity index (χ4n) is 2.22. The van der Waals surface area contributed by atoms with Gasteiger partial charge in [-0.25, -0.2) is 8.42 Å². The Hall–Kier alpha value is -0.240. The first kappa shape index (κ1) is 19.1. The van der Waals surface area contributed by atoms with Crippen LogP contribution in [0.2, 0.25) is 5.02 Å². The van der Waals surface area contributed by atoms with E-state index in [-0.39, 0.29) is 17.5 Å².